The van der Waals surface area contributed by atoms with Crippen molar-refractivity contribution >= 4 is 6.03 Å². The summed E-state index contributed by atoms with van der Waals surface area (Å²) in [6.07, 6.45) is 5.20. The molecule has 2 aromatic rings. The fourth-order valence-corrected chi connectivity index (χ4v) is 3.79. The molecule has 0 saturated heterocycles. The number of nitrogens with one attached hydrogen (secondary N) is 2. The zero-order valence-corrected chi connectivity index (χ0v) is 14.1. The molecule has 2 amide bonds. The lowest BCUT2D eigenvalue weighted by molar-refractivity contribution is 0.214. The van der Waals surface area contributed by atoms with Crippen molar-refractivity contribution in [1.29, 1.82) is 0 Å². The van der Waals surface area contributed by atoms with Gasteiger partial charge in [0.1, 0.15) is 11.6 Å². The van der Waals surface area contributed by atoms with Gasteiger partial charge in [0, 0.05) is 24.9 Å². The average molecular weight is 343 g/mol. The predicted molar refractivity (Wildman–Crippen MR) is 90.5 cm³/mol. The van der Waals surface area contributed by atoms with Crippen molar-refractivity contribution in [2.75, 3.05) is 6.54 Å². The highest BCUT2D eigenvalue weighted by molar-refractivity contribution is 5.73. The molecule has 4 rings (SSSR count). The molecule has 1 fully saturated rings. The molecule has 1 aromatic heterocycles. The minimum Gasteiger partial charge on any atom is -0.337 e. The van der Waals surface area contributed by atoms with E-state index < -0.39 is 0 Å². The topological polar surface area (TPSA) is 71.8 Å². The van der Waals surface area contributed by atoms with Crippen LogP contribution in [0.25, 0.3) is 0 Å². The number of hydrogen-bond acceptors (Lipinski definition) is 3. The fraction of sp³-hybridized carbons (Fsp3) is 0.500. The van der Waals surface area contributed by atoms with Gasteiger partial charge in [-0.1, -0.05) is 18.6 Å². The first-order valence-corrected chi connectivity index (χ1v) is 8.85. The summed E-state index contributed by atoms with van der Waals surface area (Å²) in [5.74, 6) is 1.58. The van der Waals surface area contributed by atoms with Crippen LogP contribution in [0.15, 0.2) is 24.3 Å². The van der Waals surface area contributed by atoms with Gasteiger partial charge in [0.2, 0.25) is 0 Å². The number of aryl methyl sites for hydroxylation is 1. The largest absolute Gasteiger partial charge is 0.337 e. The Balaban J connectivity index is 1.32. The number of carbonyl (C=O) groups is 1. The molecule has 1 aromatic carbocycles. The van der Waals surface area contributed by atoms with Crippen LogP contribution in [0.4, 0.5) is 9.18 Å². The van der Waals surface area contributed by atoms with Gasteiger partial charge in [-0.25, -0.2) is 9.18 Å². The monoisotopic (exact) mass is 343 g/mol. The normalized spacial score (nSPS) is 17.6. The van der Waals surface area contributed by atoms with Crippen LogP contribution in [0.3, 0.4) is 0 Å². The SMILES string of the molecule is O=C(NCc1nnc2n1CCC2)NCC1(c2ccc(F)cc2)CCC1. The maximum atomic E-state index is 13.1. The van der Waals surface area contributed by atoms with Crippen molar-refractivity contribution in [2.45, 2.75) is 50.6 Å². The Morgan fingerprint density at radius 3 is 2.68 bits per heavy atom. The van der Waals surface area contributed by atoms with E-state index in [0.29, 0.717) is 13.1 Å². The molecule has 0 bridgehead atoms. The average Bonchev–Trinajstić information content (AvgIpc) is 3.17. The lowest BCUT2D eigenvalue weighted by Gasteiger charge is -2.42. The van der Waals surface area contributed by atoms with Gasteiger partial charge in [0.05, 0.1) is 6.54 Å². The van der Waals surface area contributed by atoms with Crippen LogP contribution >= 0.6 is 0 Å². The summed E-state index contributed by atoms with van der Waals surface area (Å²) in [5.41, 5.74) is 1.02. The number of nitrogens with zero attached hydrogens (tertiary/aromatic N) is 3. The third-order valence-corrected chi connectivity index (χ3v) is 5.45. The molecule has 25 heavy (non-hydrogen) atoms. The van der Waals surface area contributed by atoms with Crippen molar-refractivity contribution < 1.29 is 9.18 Å². The molecule has 0 spiro atoms. The van der Waals surface area contributed by atoms with Crippen LogP contribution in [0.2, 0.25) is 0 Å². The van der Waals surface area contributed by atoms with E-state index in [2.05, 4.69) is 25.4 Å². The van der Waals surface area contributed by atoms with Crippen LogP contribution < -0.4 is 10.6 Å². The van der Waals surface area contributed by atoms with E-state index in [-0.39, 0.29) is 17.3 Å². The zero-order valence-electron chi connectivity index (χ0n) is 14.1. The van der Waals surface area contributed by atoms with E-state index in [1.165, 1.54) is 12.1 Å². The molecule has 132 valence electrons. The molecular weight excluding hydrogens is 321 g/mol. The molecule has 0 unspecified atom stereocenters. The first-order chi connectivity index (χ1) is 12.2. The smallest absolute Gasteiger partial charge is 0.315 e. The molecule has 2 aliphatic rings. The summed E-state index contributed by atoms with van der Waals surface area (Å²) in [7, 11) is 0. The Morgan fingerprint density at radius 1 is 1.16 bits per heavy atom. The molecule has 1 aliphatic carbocycles. The number of urea groups is 1. The second kappa shape index (κ2) is 6.46. The van der Waals surface area contributed by atoms with Crippen LogP contribution in [0.1, 0.15) is 42.9 Å². The summed E-state index contributed by atoms with van der Waals surface area (Å²) in [5, 5.41) is 14.1. The molecule has 1 saturated carbocycles. The van der Waals surface area contributed by atoms with E-state index in [0.717, 1.165) is 55.9 Å². The standard InChI is InChI=1S/C18H22FN5O/c19-14-6-4-13(5-7-14)18(8-2-9-18)12-21-17(25)20-11-16-23-22-15-3-1-10-24(15)16/h4-7H,1-3,8-12H2,(H2,20,21,25). The molecule has 2 heterocycles. The highest BCUT2D eigenvalue weighted by Gasteiger charge is 2.38. The van der Waals surface area contributed by atoms with Gasteiger partial charge in [-0.3, -0.25) is 0 Å². The third-order valence-electron chi connectivity index (χ3n) is 5.45. The Labute approximate surface area is 145 Å². The third kappa shape index (κ3) is 3.10. The second-order valence-corrected chi connectivity index (χ2v) is 6.96. The number of halogens is 1. The minimum absolute atomic E-state index is 0.0683. The van der Waals surface area contributed by atoms with E-state index in [1.54, 1.807) is 0 Å². The zero-order chi connectivity index (χ0) is 17.3. The van der Waals surface area contributed by atoms with Gasteiger partial charge < -0.3 is 15.2 Å². The number of aromatic nitrogens is 3. The number of fused-ring (bicyclic) bond motifs is 1. The molecule has 7 heteroatoms. The van der Waals surface area contributed by atoms with Crippen molar-refractivity contribution in [3.8, 4) is 0 Å². The van der Waals surface area contributed by atoms with Crippen LogP contribution in [-0.2, 0) is 24.9 Å². The summed E-state index contributed by atoms with van der Waals surface area (Å²) in [6.45, 7) is 1.86. The van der Waals surface area contributed by atoms with Gasteiger partial charge in [-0.05, 0) is 37.0 Å². The van der Waals surface area contributed by atoms with Gasteiger partial charge in [-0.2, -0.15) is 0 Å². The summed E-state index contributed by atoms with van der Waals surface area (Å²) in [6, 6.07) is 6.42. The summed E-state index contributed by atoms with van der Waals surface area (Å²) in [4.78, 5) is 12.2. The van der Waals surface area contributed by atoms with Crippen molar-refractivity contribution in [3.05, 3.63) is 47.3 Å². The summed E-state index contributed by atoms with van der Waals surface area (Å²) >= 11 is 0. The Morgan fingerprint density at radius 2 is 1.96 bits per heavy atom. The van der Waals surface area contributed by atoms with Crippen molar-refractivity contribution in [1.82, 2.24) is 25.4 Å². The predicted octanol–water partition coefficient (Wildman–Crippen LogP) is 2.28. The number of amides is 2. The van der Waals surface area contributed by atoms with Crippen LogP contribution in [-0.4, -0.2) is 27.3 Å². The molecular formula is C18H22FN5O. The van der Waals surface area contributed by atoms with Crippen molar-refractivity contribution in [3.63, 3.8) is 0 Å². The Kier molecular flexibility index (Phi) is 4.15. The molecule has 0 radical (unpaired) electrons. The minimum atomic E-state index is -0.232. The van der Waals surface area contributed by atoms with E-state index in [4.69, 9.17) is 0 Å². The number of rotatable bonds is 5. The van der Waals surface area contributed by atoms with Gasteiger partial charge in [-0.15, -0.1) is 10.2 Å². The lowest BCUT2D eigenvalue weighted by Crippen LogP contribution is -2.48. The van der Waals surface area contributed by atoms with Gasteiger partial charge >= 0.3 is 6.03 Å². The van der Waals surface area contributed by atoms with Gasteiger partial charge in [0.15, 0.2) is 5.82 Å². The van der Waals surface area contributed by atoms with E-state index >= 15 is 0 Å². The van der Waals surface area contributed by atoms with Crippen LogP contribution in [0, 0.1) is 5.82 Å². The first kappa shape index (κ1) is 16.1. The van der Waals surface area contributed by atoms with E-state index in [1.807, 2.05) is 12.1 Å². The van der Waals surface area contributed by atoms with Crippen molar-refractivity contribution in [2.24, 2.45) is 0 Å². The Bertz CT molecular complexity index is 766. The highest BCUT2D eigenvalue weighted by Crippen LogP contribution is 2.43. The maximum absolute atomic E-state index is 13.1. The summed E-state index contributed by atoms with van der Waals surface area (Å²) < 4.78 is 15.2. The number of hydrogen-bond donors (Lipinski definition) is 2. The molecule has 2 N–H and O–H groups in total. The quantitative estimate of drug-likeness (QED) is 0.875. The number of carbonyl (C=O) groups excluding carboxylic acids is 1. The first-order valence-electron chi connectivity index (χ1n) is 8.85. The highest BCUT2D eigenvalue weighted by atomic mass is 19.1. The second-order valence-electron chi connectivity index (χ2n) is 6.96. The van der Waals surface area contributed by atoms with E-state index in [9.17, 15) is 9.18 Å². The lowest BCUT2D eigenvalue weighted by atomic mass is 9.64. The maximum Gasteiger partial charge on any atom is 0.315 e. The molecule has 6 nitrogen and oxygen atoms in total. The van der Waals surface area contributed by atoms with Gasteiger partial charge in [0.25, 0.3) is 0 Å². The fourth-order valence-electron chi connectivity index (χ4n) is 3.79. The molecule has 1 aliphatic heterocycles. The Hall–Kier alpha value is -2.44. The van der Waals surface area contributed by atoms with Crippen LogP contribution in [0.5, 0.6) is 0 Å². The number of benzene rings is 1. The molecule has 0 atom stereocenters.